The highest BCUT2D eigenvalue weighted by atomic mass is 19.1. The lowest BCUT2D eigenvalue weighted by molar-refractivity contribution is -0.128. The summed E-state index contributed by atoms with van der Waals surface area (Å²) in [6.07, 6.45) is 0. The van der Waals surface area contributed by atoms with Gasteiger partial charge in [0.15, 0.2) is 0 Å². The highest BCUT2D eigenvalue weighted by Gasteiger charge is 2.36. The molecule has 2 amide bonds. The van der Waals surface area contributed by atoms with Crippen LogP contribution in [0.1, 0.15) is 32.4 Å². The summed E-state index contributed by atoms with van der Waals surface area (Å²) < 4.78 is 16.5. The number of hydrogen-bond acceptors (Lipinski definition) is 4. The van der Waals surface area contributed by atoms with Crippen molar-refractivity contribution in [2.45, 2.75) is 38.9 Å². The molecule has 3 aromatic carbocycles. The van der Waals surface area contributed by atoms with E-state index in [-0.39, 0.29) is 12.1 Å². The molecule has 0 bridgehead atoms. The van der Waals surface area contributed by atoms with E-state index < -0.39 is 29.2 Å². The van der Waals surface area contributed by atoms with Crippen LogP contribution in [0.25, 0.3) is 11.0 Å². The summed E-state index contributed by atoms with van der Waals surface area (Å²) >= 11 is 0. The van der Waals surface area contributed by atoms with Crippen LogP contribution >= 0.6 is 0 Å². The van der Waals surface area contributed by atoms with E-state index in [2.05, 4.69) is 15.6 Å². The van der Waals surface area contributed by atoms with Crippen molar-refractivity contribution in [2.75, 3.05) is 4.90 Å². The predicted molar refractivity (Wildman–Crippen MR) is 128 cm³/mol. The number of anilines is 1. The van der Waals surface area contributed by atoms with E-state index in [1.807, 2.05) is 45.0 Å². The molecule has 1 unspecified atom stereocenters. The maximum atomic E-state index is 15.0. The largest absolute Gasteiger partial charge is 0.349 e. The van der Waals surface area contributed by atoms with E-state index in [1.54, 1.807) is 42.5 Å². The van der Waals surface area contributed by atoms with Gasteiger partial charge in [0.1, 0.15) is 23.9 Å². The zero-order chi connectivity index (χ0) is 24.3. The SMILES string of the molecule is CC(C)(C)NC(=O)C(c1ccccc1F)N(C(=O)Cn1nnc2ccccc21)c1ccccc1. The maximum absolute atomic E-state index is 15.0. The minimum absolute atomic E-state index is 0.102. The molecule has 8 heteroatoms. The summed E-state index contributed by atoms with van der Waals surface area (Å²) in [6.45, 7) is 5.32. The number of carbonyl (C=O) groups is 2. The molecule has 1 aromatic heterocycles. The van der Waals surface area contributed by atoms with Crippen molar-refractivity contribution >= 4 is 28.5 Å². The highest BCUT2D eigenvalue weighted by molar-refractivity contribution is 6.01. The Bertz CT molecular complexity index is 1310. The Kier molecular flexibility index (Phi) is 6.40. The molecule has 0 saturated heterocycles. The molecule has 34 heavy (non-hydrogen) atoms. The normalized spacial score (nSPS) is 12.4. The molecule has 1 N–H and O–H groups in total. The zero-order valence-electron chi connectivity index (χ0n) is 19.3. The van der Waals surface area contributed by atoms with E-state index >= 15 is 4.39 Å². The molecule has 0 fully saturated rings. The lowest BCUT2D eigenvalue weighted by Gasteiger charge is -2.34. The number of aromatic nitrogens is 3. The Morgan fingerprint density at radius 3 is 2.32 bits per heavy atom. The lowest BCUT2D eigenvalue weighted by Crippen LogP contribution is -2.50. The van der Waals surface area contributed by atoms with Gasteiger partial charge in [-0.1, -0.05) is 53.7 Å². The van der Waals surface area contributed by atoms with Crippen LogP contribution in [-0.2, 0) is 16.1 Å². The fourth-order valence-electron chi connectivity index (χ4n) is 3.80. The zero-order valence-corrected chi connectivity index (χ0v) is 19.3. The van der Waals surface area contributed by atoms with Crippen LogP contribution in [0.5, 0.6) is 0 Å². The van der Waals surface area contributed by atoms with Crippen molar-refractivity contribution in [2.24, 2.45) is 0 Å². The van der Waals surface area contributed by atoms with Crippen molar-refractivity contribution in [3.05, 3.63) is 90.2 Å². The van der Waals surface area contributed by atoms with E-state index in [0.29, 0.717) is 16.7 Å². The van der Waals surface area contributed by atoms with Crippen molar-refractivity contribution in [1.82, 2.24) is 20.3 Å². The number of halogens is 1. The standard InChI is InChI=1S/C26H26FN5O2/c1-26(2,3)28-25(34)24(19-13-7-8-14-20(19)27)32(18-11-5-4-6-12-18)23(33)17-31-22-16-10-9-15-21(22)29-30-31/h4-16,24H,17H2,1-3H3,(H,28,34). The molecule has 0 aliphatic rings. The molecule has 0 aliphatic heterocycles. The first-order valence-electron chi connectivity index (χ1n) is 11.0. The Balaban J connectivity index is 1.82. The third-order valence-electron chi connectivity index (χ3n) is 5.21. The molecule has 1 atom stereocenters. The van der Waals surface area contributed by atoms with Gasteiger partial charge in [-0.05, 0) is 51.1 Å². The van der Waals surface area contributed by atoms with Crippen molar-refractivity contribution < 1.29 is 14.0 Å². The van der Waals surface area contributed by atoms with Crippen molar-refractivity contribution in [3.8, 4) is 0 Å². The van der Waals surface area contributed by atoms with E-state index in [1.165, 1.54) is 21.7 Å². The number of carbonyl (C=O) groups excluding carboxylic acids is 2. The van der Waals surface area contributed by atoms with E-state index in [9.17, 15) is 9.59 Å². The first-order valence-corrected chi connectivity index (χ1v) is 11.0. The van der Waals surface area contributed by atoms with Gasteiger partial charge in [0, 0.05) is 16.8 Å². The molecule has 4 rings (SSSR count). The van der Waals surface area contributed by atoms with E-state index in [0.717, 1.165) is 0 Å². The summed E-state index contributed by atoms with van der Waals surface area (Å²) in [4.78, 5) is 28.7. The average molecular weight is 460 g/mol. The van der Waals surface area contributed by atoms with Crippen molar-refractivity contribution in [3.63, 3.8) is 0 Å². The van der Waals surface area contributed by atoms with Gasteiger partial charge in [0.2, 0.25) is 11.8 Å². The molecular formula is C26H26FN5O2. The first kappa shape index (κ1) is 23.1. The third-order valence-corrected chi connectivity index (χ3v) is 5.21. The van der Waals surface area contributed by atoms with Gasteiger partial charge < -0.3 is 5.32 Å². The number of nitrogens with one attached hydrogen (secondary N) is 1. The average Bonchev–Trinajstić information content (AvgIpc) is 3.20. The second-order valence-electron chi connectivity index (χ2n) is 9.00. The molecule has 0 saturated carbocycles. The third kappa shape index (κ3) is 4.96. The minimum Gasteiger partial charge on any atom is -0.349 e. The van der Waals surface area contributed by atoms with Crippen molar-refractivity contribution in [1.29, 1.82) is 0 Å². The van der Waals surface area contributed by atoms with Crippen LogP contribution in [0.3, 0.4) is 0 Å². The first-order chi connectivity index (χ1) is 16.2. The number of hydrogen-bond donors (Lipinski definition) is 1. The maximum Gasteiger partial charge on any atom is 0.249 e. The van der Waals surface area contributed by atoms with Gasteiger partial charge in [0.05, 0.1) is 5.52 Å². The van der Waals surface area contributed by atoms with Gasteiger partial charge >= 0.3 is 0 Å². The quantitative estimate of drug-likeness (QED) is 0.467. The van der Waals surface area contributed by atoms with Crippen LogP contribution in [0.2, 0.25) is 0 Å². The number of nitrogens with zero attached hydrogens (tertiary/aromatic N) is 4. The summed E-state index contributed by atoms with van der Waals surface area (Å²) in [7, 11) is 0. The monoisotopic (exact) mass is 459 g/mol. The highest BCUT2D eigenvalue weighted by Crippen LogP contribution is 2.30. The number of benzene rings is 3. The number of fused-ring (bicyclic) bond motifs is 1. The van der Waals surface area contributed by atoms with Gasteiger partial charge in [-0.2, -0.15) is 0 Å². The molecule has 0 radical (unpaired) electrons. The topological polar surface area (TPSA) is 80.1 Å². The lowest BCUT2D eigenvalue weighted by atomic mass is 10.00. The second-order valence-corrected chi connectivity index (χ2v) is 9.00. The van der Waals surface area contributed by atoms with Gasteiger partial charge in [-0.15, -0.1) is 5.10 Å². The molecule has 174 valence electrons. The molecule has 0 aliphatic carbocycles. The number of para-hydroxylation sites is 2. The number of rotatable bonds is 6. The van der Waals surface area contributed by atoms with Gasteiger partial charge in [0.25, 0.3) is 0 Å². The minimum atomic E-state index is -1.23. The molecule has 4 aromatic rings. The Morgan fingerprint density at radius 2 is 1.62 bits per heavy atom. The van der Waals surface area contributed by atoms with Crippen LogP contribution in [0, 0.1) is 5.82 Å². The second kappa shape index (κ2) is 9.43. The Labute approximate surface area is 197 Å². The summed E-state index contributed by atoms with van der Waals surface area (Å²) in [5.74, 6) is -1.49. The van der Waals surface area contributed by atoms with Crippen LogP contribution in [0.4, 0.5) is 10.1 Å². The number of amides is 2. The Morgan fingerprint density at radius 1 is 0.971 bits per heavy atom. The molecular weight excluding hydrogens is 433 g/mol. The van der Waals surface area contributed by atoms with E-state index in [4.69, 9.17) is 0 Å². The van der Waals surface area contributed by atoms with Gasteiger partial charge in [-0.3, -0.25) is 14.5 Å². The molecule has 7 nitrogen and oxygen atoms in total. The summed E-state index contributed by atoms with van der Waals surface area (Å²) in [5, 5.41) is 11.1. The van der Waals surface area contributed by atoms with Crippen LogP contribution in [0.15, 0.2) is 78.9 Å². The van der Waals surface area contributed by atoms with Crippen LogP contribution in [-0.4, -0.2) is 32.3 Å². The van der Waals surface area contributed by atoms with Crippen LogP contribution < -0.4 is 10.2 Å². The fourth-order valence-corrected chi connectivity index (χ4v) is 3.80. The summed E-state index contributed by atoms with van der Waals surface area (Å²) in [6, 6.07) is 20.8. The van der Waals surface area contributed by atoms with Gasteiger partial charge in [-0.25, -0.2) is 9.07 Å². The Hall–Kier alpha value is -4.07. The summed E-state index contributed by atoms with van der Waals surface area (Å²) in [5.41, 5.74) is 1.32. The predicted octanol–water partition coefficient (Wildman–Crippen LogP) is 4.26. The fraction of sp³-hybridized carbons (Fsp3) is 0.231. The smallest absolute Gasteiger partial charge is 0.249 e. The molecule has 0 spiro atoms. The molecule has 1 heterocycles.